The van der Waals surface area contributed by atoms with Crippen LogP contribution in [-0.4, -0.2) is 59.4 Å². The lowest BCUT2D eigenvalue weighted by molar-refractivity contribution is 0.0128. The highest BCUT2D eigenvalue weighted by Gasteiger charge is 2.27. The molecule has 0 bridgehead atoms. The summed E-state index contributed by atoms with van der Waals surface area (Å²) in [6, 6.07) is 8.10. The van der Waals surface area contributed by atoms with Gasteiger partial charge in [0, 0.05) is 25.7 Å². The summed E-state index contributed by atoms with van der Waals surface area (Å²) in [6.45, 7) is 3.74. The zero-order valence-electron chi connectivity index (χ0n) is 14.8. The minimum atomic E-state index is -3.70. The summed E-state index contributed by atoms with van der Waals surface area (Å²) in [6.07, 6.45) is 1.60. The molecule has 3 heterocycles. The predicted octanol–water partition coefficient (Wildman–Crippen LogP) is 1.40. The van der Waals surface area contributed by atoms with E-state index >= 15 is 0 Å². The van der Waals surface area contributed by atoms with Crippen molar-refractivity contribution in [3.8, 4) is 11.5 Å². The van der Waals surface area contributed by atoms with Crippen molar-refractivity contribution in [1.82, 2.24) is 9.62 Å². The number of morpholine rings is 1. The molecule has 1 unspecified atom stereocenters. The fourth-order valence-corrected chi connectivity index (χ4v) is 4.30. The second-order valence-corrected chi connectivity index (χ2v) is 8.10. The van der Waals surface area contributed by atoms with Crippen LogP contribution in [0.2, 0.25) is 0 Å². The van der Waals surface area contributed by atoms with Crippen molar-refractivity contribution in [2.45, 2.75) is 10.9 Å². The van der Waals surface area contributed by atoms with Crippen LogP contribution in [0.5, 0.6) is 11.5 Å². The predicted molar refractivity (Wildman–Crippen MR) is 96.5 cm³/mol. The zero-order valence-corrected chi connectivity index (χ0v) is 15.6. The Morgan fingerprint density at radius 1 is 1.04 bits per heavy atom. The van der Waals surface area contributed by atoms with Crippen LogP contribution >= 0.6 is 0 Å². The molecule has 27 heavy (non-hydrogen) atoms. The first kappa shape index (κ1) is 18.3. The van der Waals surface area contributed by atoms with Gasteiger partial charge in [0.25, 0.3) is 0 Å². The molecule has 1 atom stereocenters. The van der Waals surface area contributed by atoms with Crippen LogP contribution in [0.25, 0.3) is 0 Å². The molecule has 1 N–H and O–H groups in total. The second kappa shape index (κ2) is 7.89. The number of rotatable bonds is 6. The Bertz CT molecular complexity index is 862. The first-order valence-electron chi connectivity index (χ1n) is 8.88. The first-order chi connectivity index (χ1) is 13.1. The van der Waals surface area contributed by atoms with Gasteiger partial charge in [0.2, 0.25) is 10.0 Å². The maximum Gasteiger partial charge on any atom is 0.240 e. The standard InChI is InChI=1S/C18H22N2O6S/c21-27(22,14-3-4-17-18(12-14)26-11-10-25-17)19-13-15(16-2-1-7-24-16)20-5-8-23-9-6-20/h1-4,7,12,15,19H,5-6,8-11,13H2. The average molecular weight is 394 g/mol. The molecule has 1 saturated heterocycles. The van der Waals surface area contributed by atoms with E-state index in [0.29, 0.717) is 37.9 Å². The largest absolute Gasteiger partial charge is 0.486 e. The second-order valence-electron chi connectivity index (χ2n) is 6.34. The van der Waals surface area contributed by atoms with Gasteiger partial charge in [-0.25, -0.2) is 13.1 Å². The lowest BCUT2D eigenvalue weighted by Crippen LogP contribution is -2.43. The molecule has 0 amide bonds. The Morgan fingerprint density at radius 3 is 2.56 bits per heavy atom. The van der Waals surface area contributed by atoms with Gasteiger partial charge in [-0.15, -0.1) is 0 Å². The van der Waals surface area contributed by atoms with E-state index in [1.807, 2.05) is 6.07 Å². The Kier molecular flexibility index (Phi) is 5.35. The fourth-order valence-electron chi connectivity index (χ4n) is 3.24. The lowest BCUT2D eigenvalue weighted by atomic mass is 10.2. The van der Waals surface area contributed by atoms with Crippen LogP contribution in [0.1, 0.15) is 11.8 Å². The van der Waals surface area contributed by atoms with Gasteiger partial charge < -0.3 is 18.6 Å². The quantitative estimate of drug-likeness (QED) is 0.792. The van der Waals surface area contributed by atoms with Crippen molar-refractivity contribution < 1.29 is 27.0 Å². The minimum Gasteiger partial charge on any atom is -0.486 e. The highest BCUT2D eigenvalue weighted by molar-refractivity contribution is 7.89. The summed E-state index contributed by atoms with van der Waals surface area (Å²) in [5, 5.41) is 0. The molecule has 1 aromatic carbocycles. The van der Waals surface area contributed by atoms with Crippen molar-refractivity contribution in [3.63, 3.8) is 0 Å². The molecule has 2 aliphatic rings. The number of nitrogens with zero attached hydrogens (tertiary/aromatic N) is 1. The van der Waals surface area contributed by atoms with Crippen LogP contribution < -0.4 is 14.2 Å². The van der Waals surface area contributed by atoms with Crippen LogP contribution in [0.15, 0.2) is 45.9 Å². The molecule has 146 valence electrons. The summed E-state index contributed by atoms with van der Waals surface area (Å²) in [5.41, 5.74) is 0. The van der Waals surface area contributed by atoms with Gasteiger partial charge in [-0.2, -0.15) is 0 Å². The van der Waals surface area contributed by atoms with Crippen LogP contribution in [0.4, 0.5) is 0 Å². The van der Waals surface area contributed by atoms with Crippen molar-refractivity contribution in [1.29, 1.82) is 0 Å². The van der Waals surface area contributed by atoms with E-state index in [1.54, 1.807) is 18.4 Å². The van der Waals surface area contributed by atoms with Gasteiger partial charge in [0.15, 0.2) is 11.5 Å². The van der Waals surface area contributed by atoms with E-state index in [-0.39, 0.29) is 17.5 Å². The topological polar surface area (TPSA) is 90.2 Å². The van der Waals surface area contributed by atoms with Crippen molar-refractivity contribution >= 4 is 10.0 Å². The monoisotopic (exact) mass is 394 g/mol. The van der Waals surface area contributed by atoms with E-state index in [2.05, 4.69) is 9.62 Å². The highest BCUT2D eigenvalue weighted by atomic mass is 32.2. The smallest absolute Gasteiger partial charge is 0.240 e. The lowest BCUT2D eigenvalue weighted by Gasteiger charge is -2.33. The number of hydrogen-bond donors (Lipinski definition) is 1. The molecule has 0 saturated carbocycles. The molecule has 1 fully saturated rings. The molecule has 9 heteroatoms. The van der Waals surface area contributed by atoms with Gasteiger partial charge in [0.05, 0.1) is 30.4 Å². The Balaban J connectivity index is 1.51. The number of nitrogens with one attached hydrogen (secondary N) is 1. The van der Waals surface area contributed by atoms with Crippen LogP contribution in [0, 0.1) is 0 Å². The molecular formula is C18H22N2O6S. The fraction of sp³-hybridized carbons (Fsp3) is 0.444. The minimum absolute atomic E-state index is 0.145. The Labute approximate surface area is 158 Å². The Hall–Kier alpha value is -2.07. The van der Waals surface area contributed by atoms with Crippen molar-refractivity contribution in [2.75, 3.05) is 46.1 Å². The van der Waals surface area contributed by atoms with Gasteiger partial charge >= 0.3 is 0 Å². The SMILES string of the molecule is O=S(=O)(NCC(c1ccco1)N1CCOCC1)c1ccc2c(c1)OCCO2. The van der Waals surface area contributed by atoms with Gasteiger partial charge in [-0.1, -0.05) is 0 Å². The maximum absolute atomic E-state index is 12.8. The number of benzene rings is 1. The summed E-state index contributed by atoms with van der Waals surface area (Å²) in [5.74, 6) is 1.73. The van der Waals surface area contributed by atoms with Crippen molar-refractivity contribution in [2.24, 2.45) is 0 Å². The molecule has 8 nitrogen and oxygen atoms in total. The van der Waals surface area contributed by atoms with Crippen LogP contribution in [-0.2, 0) is 14.8 Å². The van der Waals surface area contributed by atoms with Crippen molar-refractivity contribution in [3.05, 3.63) is 42.4 Å². The highest BCUT2D eigenvalue weighted by Crippen LogP contribution is 2.32. The van der Waals surface area contributed by atoms with E-state index in [4.69, 9.17) is 18.6 Å². The molecular weight excluding hydrogens is 372 g/mol. The first-order valence-corrected chi connectivity index (χ1v) is 10.4. The van der Waals surface area contributed by atoms with E-state index < -0.39 is 10.0 Å². The summed E-state index contributed by atoms with van der Waals surface area (Å²) in [7, 11) is -3.70. The normalized spacial score (nSPS) is 19.0. The molecule has 4 rings (SSSR count). The third-order valence-electron chi connectivity index (χ3n) is 4.65. The number of furan rings is 1. The van der Waals surface area contributed by atoms with E-state index in [0.717, 1.165) is 18.8 Å². The summed E-state index contributed by atoms with van der Waals surface area (Å²) >= 11 is 0. The average Bonchev–Trinajstić information content (AvgIpc) is 3.23. The maximum atomic E-state index is 12.8. The third kappa shape index (κ3) is 4.11. The molecule has 2 aliphatic heterocycles. The number of fused-ring (bicyclic) bond motifs is 1. The molecule has 0 spiro atoms. The van der Waals surface area contributed by atoms with Gasteiger partial charge in [-0.3, -0.25) is 4.90 Å². The number of sulfonamides is 1. The van der Waals surface area contributed by atoms with E-state index in [9.17, 15) is 8.42 Å². The number of hydrogen-bond acceptors (Lipinski definition) is 7. The molecule has 0 radical (unpaired) electrons. The summed E-state index contributed by atoms with van der Waals surface area (Å²) < 4.78 is 50.2. The van der Waals surface area contributed by atoms with E-state index in [1.165, 1.54) is 12.1 Å². The van der Waals surface area contributed by atoms with Gasteiger partial charge in [-0.05, 0) is 24.3 Å². The third-order valence-corrected chi connectivity index (χ3v) is 6.07. The van der Waals surface area contributed by atoms with Gasteiger partial charge in [0.1, 0.15) is 19.0 Å². The molecule has 1 aromatic heterocycles. The molecule has 0 aliphatic carbocycles. The summed E-state index contributed by atoms with van der Waals surface area (Å²) in [4.78, 5) is 2.31. The zero-order chi connectivity index (χ0) is 18.7. The Morgan fingerprint density at radius 2 is 1.81 bits per heavy atom. The van der Waals surface area contributed by atoms with Crippen LogP contribution in [0.3, 0.4) is 0 Å². The number of ether oxygens (including phenoxy) is 3. The molecule has 2 aromatic rings.